The van der Waals surface area contributed by atoms with Gasteiger partial charge in [0, 0.05) is 0 Å². The number of rotatable bonds is 0. The van der Waals surface area contributed by atoms with Crippen molar-refractivity contribution in [3.8, 4) is 0 Å². The lowest BCUT2D eigenvalue weighted by Crippen LogP contribution is -2.11. The minimum Gasteiger partial charge on any atom is -0.726 e. The molecular formula is C2H9NO5S. The second-order valence-electron chi connectivity index (χ2n) is 1.17. The Labute approximate surface area is 54.4 Å². The van der Waals surface area contributed by atoms with Crippen molar-refractivity contribution in [3.05, 3.63) is 0 Å². The summed E-state index contributed by atoms with van der Waals surface area (Å²) >= 11 is 0. The average molecular weight is 159 g/mol. The summed E-state index contributed by atoms with van der Waals surface area (Å²) < 4.78 is 32.8. The molecule has 0 aromatic carbocycles. The van der Waals surface area contributed by atoms with Crippen molar-refractivity contribution in [2.75, 3.05) is 0 Å². The molecule has 0 bridgehead atoms. The Morgan fingerprint density at radius 3 is 1.78 bits per heavy atom. The van der Waals surface area contributed by atoms with E-state index in [1.807, 2.05) is 0 Å². The van der Waals surface area contributed by atoms with Crippen molar-refractivity contribution in [1.82, 2.24) is 0 Å². The number of aliphatic hydroxyl groups excluding tert-OH is 1. The highest BCUT2D eigenvalue weighted by Gasteiger charge is 1.68. The van der Waals surface area contributed by atoms with Crippen LogP contribution < -0.4 is 5.73 Å². The lowest BCUT2D eigenvalue weighted by Gasteiger charge is -1.88. The third kappa shape index (κ3) is 5920. The second kappa shape index (κ2) is 4.65. The lowest BCUT2D eigenvalue weighted by atomic mass is 10.7. The van der Waals surface area contributed by atoms with Crippen LogP contribution in [0.15, 0.2) is 0 Å². The Balaban J connectivity index is -0.0000000910. The molecular weight excluding hydrogens is 150 g/mol. The van der Waals surface area contributed by atoms with Gasteiger partial charge in [-0.2, -0.15) is 0 Å². The van der Waals surface area contributed by atoms with Crippen LogP contribution in [-0.2, 0) is 10.4 Å². The van der Waals surface area contributed by atoms with Crippen molar-refractivity contribution in [2.45, 2.75) is 13.2 Å². The molecule has 9 heavy (non-hydrogen) atoms. The van der Waals surface area contributed by atoms with Gasteiger partial charge in [0.25, 0.3) is 0 Å². The first-order chi connectivity index (χ1) is 3.73. The maximum atomic E-state index is 8.63. The lowest BCUT2D eigenvalue weighted by molar-refractivity contribution is 0.203. The second-order valence-corrected chi connectivity index (χ2v) is 2.02. The maximum absolute atomic E-state index is 8.63. The van der Waals surface area contributed by atoms with Crippen LogP contribution >= 0.6 is 0 Å². The zero-order chi connectivity index (χ0) is 8.08. The monoisotopic (exact) mass is 159 g/mol. The minimum absolute atomic E-state index is 0. The van der Waals surface area contributed by atoms with Gasteiger partial charge in [-0.25, -0.2) is 8.42 Å². The molecule has 0 amide bonds. The summed E-state index contributed by atoms with van der Waals surface area (Å²) in [4.78, 5) is 0. The molecule has 0 aliphatic rings. The van der Waals surface area contributed by atoms with Crippen LogP contribution in [-0.4, -0.2) is 28.9 Å². The van der Waals surface area contributed by atoms with Crippen molar-refractivity contribution in [3.63, 3.8) is 0 Å². The molecule has 0 saturated heterocycles. The Hall–Kier alpha value is -0.210. The quantitative estimate of drug-likeness (QED) is 0.222. The summed E-state index contributed by atoms with van der Waals surface area (Å²) in [6.45, 7) is 1.50. The summed E-state index contributed by atoms with van der Waals surface area (Å²) in [7, 11) is -4.92. The molecule has 0 fully saturated rings. The van der Waals surface area contributed by atoms with Gasteiger partial charge in [0.15, 0.2) is 0 Å². The van der Waals surface area contributed by atoms with Gasteiger partial charge in [0.2, 0.25) is 10.4 Å². The van der Waals surface area contributed by atoms with E-state index < -0.39 is 16.6 Å². The van der Waals surface area contributed by atoms with Gasteiger partial charge < -0.3 is 15.4 Å². The molecule has 1 atom stereocenters. The van der Waals surface area contributed by atoms with Crippen LogP contribution in [0.25, 0.3) is 0 Å². The normalized spacial score (nSPS) is 13.4. The van der Waals surface area contributed by atoms with E-state index in [1.165, 1.54) is 6.92 Å². The molecule has 0 saturated carbocycles. The standard InChI is InChI=1S/C2H7NO.H2O4S/c1-2(3)4;1-5(2,3)4/h2,4H,3H2,1H3;(H2,1,2,3,4). The number of nitrogens with two attached hydrogens (primary N) is 1. The fourth-order valence-corrected chi connectivity index (χ4v) is 0. The fourth-order valence-electron chi connectivity index (χ4n) is 0. The largest absolute Gasteiger partial charge is 1.00 e. The molecule has 7 heteroatoms. The summed E-state index contributed by atoms with van der Waals surface area (Å²) in [5, 5.41) is 7.83. The topological polar surface area (TPSA) is 124 Å². The van der Waals surface area contributed by atoms with E-state index in [9.17, 15) is 0 Å². The van der Waals surface area contributed by atoms with Crippen molar-refractivity contribution < 1.29 is 24.1 Å². The number of hydrogen-bond donors (Lipinski definition) is 3. The smallest absolute Gasteiger partial charge is 0.726 e. The maximum Gasteiger partial charge on any atom is 1.00 e. The van der Waals surface area contributed by atoms with Crippen LogP contribution in [0.4, 0.5) is 0 Å². The zero-order valence-corrected chi connectivity index (χ0v) is 5.50. The molecule has 0 aromatic rings. The van der Waals surface area contributed by atoms with Crippen LogP contribution in [0, 0.1) is 0 Å². The van der Waals surface area contributed by atoms with Gasteiger partial charge in [0.05, 0.1) is 6.23 Å². The highest BCUT2D eigenvalue weighted by atomic mass is 32.3. The minimum atomic E-state index is -4.92. The third-order valence-corrected chi connectivity index (χ3v) is 0. The molecule has 4 N–H and O–H groups in total. The first-order valence-electron chi connectivity index (χ1n) is 1.85. The van der Waals surface area contributed by atoms with Crippen LogP contribution in [0.2, 0.25) is 0 Å². The van der Waals surface area contributed by atoms with Gasteiger partial charge >= 0.3 is 1.43 Å². The molecule has 0 aliphatic heterocycles. The molecule has 0 spiro atoms. The van der Waals surface area contributed by atoms with Gasteiger partial charge in [-0.05, 0) is 6.92 Å². The Bertz CT molecular complexity index is 131. The summed E-state index contributed by atoms with van der Waals surface area (Å²) in [5.74, 6) is 0. The predicted molar refractivity (Wildman–Crippen MR) is 29.3 cm³/mol. The van der Waals surface area contributed by atoms with Crippen LogP contribution in [0.5, 0.6) is 0 Å². The van der Waals surface area contributed by atoms with Crippen molar-refractivity contribution >= 4 is 10.4 Å². The summed E-state index contributed by atoms with van der Waals surface area (Å²) in [6, 6.07) is 0. The highest BCUT2D eigenvalue weighted by Crippen LogP contribution is 1.58. The first kappa shape index (κ1) is 11.6. The molecule has 0 heterocycles. The van der Waals surface area contributed by atoms with E-state index in [4.69, 9.17) is 22.6 Å². The van der Waals surface area contributed by atoms with E-state index in [1.54, 1.807) is 0 Å². The molecule has 0 aromatic heterocycles. The zero-order valence-electron chi connectivity index (χ0n) is 5.68. The van der Waals surface area contributed by atoms with E-state index in [2.05, 4.69) is 5.73 Å². The van der Waals surface area contributed by atoms with Gasteiger partial charge in [-0.3, -0.25) is 4.55 Å². The number of aliphatic hydroxyl groups is 1. The molecule has 0 aliphatic carbocycles. The SMILES string of the molecule is CC(N)O.O=S(=O)([O-])O.[H+]. The van der Waals surface area contributed by atoms with E-state index >= 15 is 0 Å². The summed E-state index contributed by atoms with van der Waals surface area (Å²) in [6.07, 6.45) is -0.667. The van der Waals surface area contributed by atoms with Gasteiger partial charge in [-0.1, -0.05) is 0 Å². The Morgan fingerprint density at radius 2 is 1.78 bits per heavy atom. The van der Waals surface area contributed by atoms with Crippen LogP contribution in [0.3, 0.4) is 0 Å². The van der Waals surface area contributed by atoms with Crippen molar-refractivity contribution in [2.24, 2.45) is 5.73 Å². The Kier molecular flexibility index (Phi) is 5.98. The molecule has 6 nitrogen and oxygen atoms in total. The van der Waals surface area contributed by atoms with E-state index in [0.29, 0.717) is 0 Å². The third-order valence-electron chi connectivity index (χ3n) is 0. The van der Waals surface area contributed by atoms with E-state index in [0.717, 1.165) is 0 Å². The average Bonchev–Trinajstić information content (AvgIpc) is 1.19. The van der Waals surface area contributed by atoms with Crippen molar-refractivity contribution in [1.29, 1.82) is 0 Å². The van der Waals surface area contributed by atoms with E-state index in [-0.39, 0.29) is 1.43 Å². The summed E-state index contributed by atoms with van der Waals surface area (Å²) in [5.41, 5.74) is 4.67. The highest BCUT2D eigenvalue weighted by molar-refractivity contribution is 7.79. The molecule has 58 valence electrons. The molecule has 0 radical (unpaired) electrons. The first-order valence-corrected chi connectivity index (χ1v) is 3.22. The molecule has 1 unspecified atom stereocenters. The van der Waals surface area contributed by atoms with Gasteiger partial charge in [-0.15, -0.1) is 0 Å². The molecule has 0 rings (SSSR count). The fraction of sp³-hybridized carbons (Fsp3) is 1.00. The predicted octanol–water partition coefficient (Wildman–Crippen LogP) is -1.60. The van der Waals surface area contributed by atoms with Gasteiger partial charge in [0.1, 0.15) is 0 Å². The van der Waals surface area contributed by atoms with Crippen LogP contribution in [0.1, 0.15) is 8.35 Å². The Morgan fingerprint density at radius 1 is 1.78 bits per heavy atom. The number of hydrogen-bond acceptors (Lipinski definition) is 5.